The third-order valence-corrected chi connectivity index (χ3v) is 4.42. The van der Waals surface area contributed by atoms with Crippen molar-refractivity contribution in [2.75, 3.05) is 7.11 Å². The molecule has 1 fully saturated rings. The highest BCUT2D eigenvalue weighted by Gasteiger charge is 2.17. The smallest absolute Gasteiger partial charge is 0.340 e. The molecule has 1 aromatic carbocycles. The van der Waals surface area contributed by atoms with Crippen molar-refractivity contribution < 1.29 is 9.53 Å². The van der Waals surface area contributed by atoms with Crippen molar-refractivity contribution in [3.63, 3.8) is 0 Å². The monoisotopic (exact) mass is 286 g/mol. The van der Waals surface area contributed by atoms with E-state index in [9.17, 15) is 4.79 Å². The molecule has 112 valence electrons. The number of nitrogens with zero attached hydrogens (tertiary/aromatic N) is 1. The average Bonchev–Trinajstić information content (AvgIpc) is 2.73. The van der Waals surface area contributed by atoms with E-state index in [0.29, 0.717) is 5.56 Å². The predicted octanol–water partition coefficient (Wildman–Crippen LogP) is 3.86. The fourth-order valence-corrected chi connectivity index (χ4v) is 3.30. The fraction of sp³-hybridized carbons (Fsp3) is 0.529. The first-order valence-electron chi connectivity index (χ1n) is 7.84. The van der Waals surface area contributed by atoms with E-state index >= 15 is 0 Å². The lowest BCUT2D eigenvalue weighted by atomic mass is 9.96. The van der Waals surface area contributed by atoms with Gasteiger partial charge in [0.05, 0.1) is 18.2 Å². The van der Waals surface area contributed by atoms with Gasteiger partial charge in [0.15, 0.2) is 0 Å². The van der Waals surface area contributed by atoms with Crippen LogP contribution < -0.4 is 0 Å². The third kappa shape index (κ3) is 3.09. The van der Waals surface area contributed by atoms with Crippen LogP contribution in [0.4, 0.5) is 0 Å². The van der Waals surface area contributed by atoms with Crippen molar-refractivity contribution in [2.45, 2.75) is 44.9 Å². The number of esters is 1. The van der Waals surface area contributed by atoms with Gasteiger partial charge in [-0.25, -0.2) is 9.78 Å². The number of aromatic amines is 1. The molecule has 1 heterocycles. The standard InChI is InChI=1S/C17H22N2O2/c1-21-17(20)13-9-6-10-14-16(13)19-15(18-14)11-12-7-4-2-3-5-8-12/h6,9-10,12H,2-5,7-8,11H2,1H3,(H,18,19). The molecule has 1 N–H and O–H groups in total. The topological polar surface area (TPSA) is 55.0 Å². The van der Waals surface area contributed by atoms with E-state index in [2.05, 4.69) is 9.97 Å². The summed E-state index contributed by atoms with van der Waals surface area (Å²) >= 11 is 0. The molecule has 1 aliphatic rings. The molecule has 0 bridgehead atoms. The Labute approximate surface area is 124 Å². The van der Waals surface area contributed by atoms with Gasteiger partial charge in [0, 0.05) is 6.42 Å². The number of benzene rings is 1. The minimum Gasteiger partial charge on any atom is -0.465 e. The molecule has 21 heavy (non-hydrogen) atoms. The minimum atomic E-state index is -0.326. The highest BCUT2D eigenvalue weighted by Crippen LogP contribution is 2.26. The van der Waals surface area contributed by atoms with E-state index in [4.69, 9.17) is 4.74 Å². The molecule has 1 aliphatic carbocycles. The Balaban J connectivity index is 1.85. The molecule has 0 saturated heterocycles. The number of H-pyrrole nitrogens is 1. The molecule has 0 spiro atoms. The molecule has 2 aromatic rings. The highest BCUT2D eigenvalue weighted by molar-refractivity contribution is 6.01. The normalized spacial score (nSPS) is 16.8. The number of imidazole rings is 1. The summed E-state index contributed by atoms with van der Waals surface area (Å²) in [6.07, 6.45) is 8.96. The first kappa shape index (κ1) is 14.1. The molecule has 0 unspecified atom stereocenters. The second-order valence-electron chi connectivity index (χ2n) is 5.94. The van der Waals surface area contributed by atoms with Crippen molar-refractivity contribution in [3.05, 3.63) is 29.6 Å². The van der Waals surface area contributed by atoms with Gasteiger partial charge in [0.1, 0.15) is 11.3 Å². The van der Waals surface area contributed by atoms with Gasteiger partial charge in [-0.3, -0.25) is 0 Å². The Hall–Kier alpha value is -1.84. The van der Waals surface area contributed by atoms with Crippen molar-refractivity contribution in [1.82, 2.24) is 9.97 Å². The van der Waals surface area contributed by atoms with E-state index in [1.54, 1.807) is 6.07 Å². The number of methoxy groups -OCH3 is 1. The van der Waals surface area contributed by atoms with Crippen LogP contribution in [0.15, 0.2) is 18.2 Å². The van der Waals surface area contributed by atoms with Crippen LogP contribution in [-0.2, 0) is 11.2 Å². The van der Waals surface area contributed by atoms with Crippen LogP contribution in [0.3, 0.4) is 0 Å². The Bertz CT molecular complexity index is 625. The molecule has 1 saturated carbocycles. The van der Waals surface area contributed by atoms with Gasteiger partial charge in [-0.1, -0.05) is 44.6 Å². The van der Waals surface area contributed by atoms with Gasteiger partial charge in [-0.05, 0) is 18.1 Å². The molecule has 0 aliphatic heterocycles. The summed E-state index contributed by atoms with van der Waals surface area (Å²) in [5.74, 6) is 1.39. The van der Waals surface area contributed by atoms with Crippen LogP contribution in [0.25, 0.3) is 11.0 Å². The maximum atomic E-state index is 11.8. The third-order valence-electron chi connectivity index (χ3n) is 4.42. The van der Waals surface area contributed by atoms with Gasteiger partial charge < -0.3 is 9.72 Å². The van der Waals surface area contributed by atoms with Gasteiger partial charge in [-0.2, -0.15) is 0 Å². The summed E-state index contributed by atoms with van der Waals surface area (Å²) < 4.78 is 4.83. The maximum Gasteiger partial charge on any atom is 0.340 e. The zero-order valence-corrected chi connectivity index (χ0v) is 12.5. The summed E-state index contributed by atoms with van der Waals surface area (Å²) in [5.41, 5.74) is 2.19. The van der Waals surface area contributed by atoms with E-state index in [1.165, 1.54) is 45.6 Å². The van der Waals surface area contributed by atoms with Crippen molar-refractivity contribution in [1.29, 1.82) is 0 Å². The molecule has 4 nitrogen and oxygen atoms in total. The van der Waals surface area contributed by atoms with Gasteiger partial charge >= 0.3 is 5.97 Å². The fourth-order valence-electron chi connectivity index (χ4n) is 3.30. The number of ether oxygens (including phenoxy) is 1. The number of aromatic nitrogens is 2. The Morgan fingerprint density at radius 1 is 1.29 bits per heavy atom. The van der Waals surface area contributed by atoms with Crippen LogP contribution >= 0.6 is 0 Å². The zero-order chi connectivity index (χ0) is 14.7. The van der Waals surface area contributed by atoms with E-state index in [0.717, 1.165) is 29.2 Å². The number of hydrogen-bond donors (Lipinski definition) is 1. The molecule has 1 aromatic heterocycles. The Kier molecular flexibility index (Phi) is 4.23. The number of fused-ring (bicyclic) bond motifs is 1. The molecule has 0 atom stereocenters. The van der Waals surface area contributed by atoms with Crippen LogP contribution in [0.1, 0.15) is 54.7 Å². The number of para-hydroxylation sites is 1. The first-order chi connectivity index (χ1) is 10.3. The largest absolute Gasteiger partial charge is 0.465 e. The summed E-state index contributed by atoms with van der Waals surface area (Å²) in [4.78, 5) is 19.8. The van der Waals surface area contributed by atoms with Gasteiger partial charge in [-0.15, -0.1) is 0 Å². The number of nitrogens with one attached hydrogen (secondary N) is 1. The SMILES string of the molecule is COC(=O)c1cccc2[nH]c(CC3CCCCCC3)nc12. The Morgan fingerprint density at radius 3 is 2.76 bits per heavy atom. The summed E-state index contributed by atoms with van der Waals surface area (Å²) in [7, 11) is 1.40. The molecule has 4 heteroatoms. The lowest BCUT2D eigenvalue weighted by Crippen LogP contribution is -2.05. The van der Waals surface area contributed by atoms with Crippen LogP contribution in [0.2, 0.25) is 0 Å². The van der Waals surface area contributed by atoms with Gasteiger partial charge in [0.25, 0.3) is 0 Å². The number of hydrogen-bond acceptors (Lipinski definition) is 3. The molecule has 3 rings (SSSR count). The highest BCUT2D eigenvalue weighted by atomic mass is 16.5. The molecular formula is C17H22N2O2. The first-order valence-corrected chi connectivity index (χ1v) is 7.84. The quantitative estimate of drug-likeness (QED) is 0.688. The van der Waals surface area contributed by atoms with Crippen molar-refractivity contribution in [2.24, 2.45) is 5.92 Å². The summed E-state index contributed by atoms with van der Waals surface area (Å²) in [6, 6.07) is 5.60. The van der Waals surface area contributed by atoms with E-state index in [-0.39, 0.29) is 5.97 Å². The molecule has 0 amide bonds. The van der Waals surface area contributed by atoms with Crippen LogP contribution in [-0.4, -0.2) is 23.0 Å². The van der Waals surface area contributed by atoms with Crippen LogP contribution in [0, 0.1) is 5.92 Å². The lowest BCUT2D eigenvalue weighted by molar-refractivity contribution is 0.0603. The minimum absolute atomic E-state index is 0.326. The average molecular weight is 286 g/mol. The van der Waals surface area contributed by atoms with Crippen LogP contribution in [0.5, 0.6) is 0 Å². The number of carbonyl (C=O) groups excluding carboxylic acids is 1. The zero-order valence-electron chi connectivity index (χ0n) is 12.5. The summed E-state index contributed by atoms with van der Waals surface area (Å²) in [5, 5.41) is 0. The number of carbonyl (C=O) groups is 1. The second-order valence-corrected chi connectivity index (χ2v) is 5.94. The molecular weight excluding hydrogens is 264 g/mol. The van der Waals surface area contributed by atoms with Gasteiger partial charge in [0.2, 0.25) is 0 Å². The Morgan fingerprint density at radius 2 is 2.05 bits per heavy atom. The summed E-state index contributed by atoms with van der Waals surface area (Å²) in [6.45, 7) is 0. The van der Waals surface area contributed by atoms with Crippen molar-refractivity contribution >= 4 is 17.0 Å². The van der Waals surface area contributed by atoms with E-state index in [1.807, 2.05) is 12.1 Å². The maximum absolute atomic E-state index is 11.8. The predicted molar refractivity (Wildman–Crippen MR) is 82.3 cm³/mol. The van der Waals surface area contributed by atoms with E-state index < -0.39 is 0 Å². The molecule has 0 radical (unpaired) electrons. The second kappa shape index (κ2) is 6.29. The van der Waals surface area contributed by atoms with Crippen molar-refractivity contribution in [3.8, 4) is 0 Å². The number of rotatable bonds is 3. The lowest BCUT2D eigenvalue weighted by Gasteiger charge is -2.11.